The standard InChI is InChI=1S/C15H14Cl3NO/c16-12-3-2-11(13(17)8-12)9-20-15-4-1-10(5-6-19)7-14(15)18/h1-4,7-8H,5-6,9,19H2. The summed E-state index contributed by atoms with van der Waals surface area (Å²) in [6.07, 6.45) is 0.795. The summed E-state index contributed by atoms with van der Waals surface area (Å²) in [5.41, 5.74) is 7.46. The fourth-order valence-electron chi connectivity index (χ4n) is 1.78. The van der Waals surface area contributed by atoms with Gasteiger partial charge >= 0.3 is 0 Å². The first-order valence-corrected chi connectivity index (χ1v) is 7.29. The molecular formula is C15H14Cl3NO. The Hall–Kier alpha value is -0.930. The SMILES string of the molecule is NCCc1ccc(OCc2ccc(Cl)cc2Cl)c(Cl)c1. The largest absolute Gasteiger partial charge is 0.487 e. The Morgan fingerprint density at radius 2 is 1.75 bits per heavy atom. The van der Waals surface area contributed by atoms with Crippen molar-refractivity contribution in [2.75, 3.05) is 6.54 Å². The summed E-state index contributed by atoms with van der Waals surface area (Å²) >= 11 is 18.1. The molecule has 0 aliphatic rings. The van der Waals surface area contributed by atoms with E-state index in [1.54, 1.807) is 12.1 Å². The first-order valence-electron chi connectivity index (χ1n) is 6.15. The van der Waals surface area contributed by atoms with Gasteiger partial charge in [-0.2, -0.15) is 0 Å². The quantitative estimate of drug-likeness (QED) is 0.860. The van der Waals surface area contributed by atoms with Crippen LogP contribution >= 0.6 is 34.8 Å². The number of benzene rings is 2. The van der Waals surface area contributed by atoms with Gasteiger partial charge in [-0.25, -0.2) is 0 Å². The van der Waals surface area contributed by atoms with Crippen LogP contribution in [-0.2, 0) is 13.0 Å². The smallest absolute Gasteiger partial charge is 0.138 e. The van der Waals surface area contributed by atoms with Gasteiger partial charge in [-0.15, -0.1) is 0 Å². The Labute approximate surface area is 133 Å². The monoisotopic (exact) mass is 329 g/mol. The lowest BCUT2D eigenvalue weighted by atomic mass is 10.1. The van der Waals surface area contributed by atoms with E-state index in [1.165, 1.54) is 0 Å². The zero-order chi connectivity index (χ0) is 14.5. The van der Waals surface area contributed by atoms with E-state index in [-0.39, 0.29) is 0 Å². The number of hydrogen-bond donors (Lipinski definition) is 1. The minimum atomic E-state index is 0.339. The first-order chi connectivity index (χ1) is 9.60. The molecule has 0 bridgehead atoms. The van der Waals surface area contributed by atoms with Crippen LogP contribution in [0, 0.1) is 0 Å². The molecular weight excluding hydrogens is 317 g/mol. The van der Waals surface area contributed by atoms with Gasteiger partial charge in [-0.3, -0.25) is 0 Å². The minimum absolute atomic E-state index is 0.339. The summed E-state index contributed by atoms with van der Waals surface area (Å²) in [7, 11) is 0. The molecule has 20 heavy (non-hydrogen) atoms. The van der Waals surface area contributed by atoms with Gasteiger partial charge in [0.15, 0.2) is 0 Å². The third-order valence-corrected chi connectivity index (χ3v) is 3.71. The van der Waals surface area contributed by atoms with E-state index in [9.17, 15) is 0 Å². The fourth-order valence-corrected chi connectivity index (χ4v) is 2.50. The van der Waals surface area contributed by atoms with E-state index in [2.05, 4.69) is 0 Å². The molecule has 2 rings (SSSR count). The topological polar surface area (TPSA) is 35.2 Å². The number of rotatable bonds is 5. The summed E-state index contributed by atoms with van der Waals surface area (Å²) in [6.45, 7) is 0.933. The van der Waals surface area contributed by atoms with E-state index in [0.717, 1.165) is 17.5 Å². The molecule has 5 heteroatoms. The molecule has 106 valence electrons. The predicted octanol–water partition coefficient (Wildman–Crippen LogP) is 4.73. The van der Waals surface area contributed by atoms with Crippen molar-refractivity contribution in [3.63, 3.8) is 0 Å². The van der Waals surface area contributed by atoms with Crippen LogP contribution in [-0.4, -0.2) is 6.54 Å². The van der Waals surface area contributed by atoms with Crippen LogP contribution in [0.5, 0.6) is 5.75 Å². The second kappa shape index (κ2) is 7.19. The molecule has 0 atom stereocenters. The first kappa shape index (κ1) is 15.5. The highest BCUT2D eigenvalue weighted by atomic mass is 35.5. The Balaban J connectivity index is 2.07. The maximum absolute atomic E-state index is 6.18. The lowest BCUT2D eigenvalue weighted by Crippen LogP contribution is -2.03. The van der Waals surface area contributed by atoms with E-state index < -0.39 is 0 Å². The van der Waals surface area contributed by atoms with Gasteiger partial charge in [0.1, 0.15) is 12.4 Å². The van der Waals surface area contributed by atoms with E-state index >= 15 is 0 Å². The number of hydrogen-bond acceptors (Lipinski definition) is 2. The summed E-state index contributed by atoms with van der Waals surface area (Å²) in [5.74, 6) is 0.624. The number of ether oxygens (including phenoxy) is 1. The highest BCUT2D eigenvalue weighted by Crippen LogP contribution is 2.28. The van der Waals surface area contributed by atoms with Crippen LogP contribution in [0.3, 0.4) is 0 Å². The number of halogens is 3. The molecule has 0 radical (unpaired) electrons. The summed E-state index contributed by atoms with van der Waals surface area (Å²) < 4.78 is 5.69. The van der Waals surface area contributed by atoms with Crippen LogP contribution < -0.4 is 10.5 Å². The minimum Gasteiger partial charge on any atom is -0.487 e. The molecule has 0 heterocycles. The van der Waals surface area contributed by atoms with Gasteiger partial charge in [-0.1, -0.05) is 46.9 Å². The highest BCUT2D eigenvalue weighted by molar-refractivity contribution is 6.35. The van der Waals surface area contributed by atoms with Crippen LogP contribution in [0.4, 0.5) is 0 Å². The third kappa shape index (κ3) is 4.03. The van der Waals surface area contributed by atoms with Crippen LogP contribution in [0.25, 0.3) is 0 Å². The molecule has 0 aliphatic heterocycles. The zero-order valence-electron chi connectivity index (χ0n) is 10.7. The van der Waals surface area contributed by atoms with Gasteiger partial charge in [-0.05, 0) is 42.8 Å². The van der Waals surface area contributed by atoms with Gasteiger partial charge in [0.05, 0.1) is 5.02 Å². The Bertz CT molecular complexity index is 602. The average Bonchev–Trinajstić information content (AvgIpc) is 2.40. The van der Waals surface area contributed by atoms with Crippen molar-refractivity contribution in [2.24, 2.45) is 5.73 Å². The van der Waals surface area contributed by atoms with Crippen LogP contribution in [0.2, 0.25) is 15.1 Å². The molecule has 0 aromatic heterocycles. The molecule has 2 aromatic rings. The molecule has 2 N–H and O–H groups in total. The molecule has 0 unspecified atom stereocenters. The van der Waals surface area contributed by atoms with Gasteiger partial charge < -0.3 is 10.5 Å². The van der Waals surface area contributed by atoms with E-state index in [0.29, 0.717) is 34.0 Å². The van der Waals surface area contributed by atoms with Crippen molar-refractivity contribution in [3.8, 4) is 5.75 Å². The average molecular weight is 331 g/mol. The maximum atomic E-state index is 6.18. The van der Waals surface area contributed by atoms with Crippen molar-refractivity contribution >= 4 is 34.8 Å². The van der Waals surface area contributed by atoms with Gasteiger partial charge in [0, 0.05) is 15.6 Å². The summed E-state index contributed by atoms with van der Waals surface area (Å²) in [5, 5.41) is 1.75. The lowest BCUT2D eigenvalue weighted by Gasteiger charge is -2.10. The second-order valence-electron chi connectivity index (χ2n) is 4.33. The lowest BCUT2D eigenvalue weighted by molar-refractivity contribution is 0.306. The molecule has 0 amide bonds. The fraction of sp³-hybridized carbons (Fsp3) is 0.200. The molecule has 2 aromatic carbocycles. The maximum Gasteiger partial charge on any atom is 0.138 e. The third-order valence-electron chi connectivity index (χ3n) is 2.83. The molecule has 0 saturated carbocycles. The van der Waals surface area contributed by atoms with Crippen molar-refractivity contribution in [1.82, 2.24) is 0 Å². The van der Waals surface area contributed by atoms with Crippen LogP contribution in [0.15, 0.2) is 36.4 Å². The van der Waals surface area contributed by atoms with Crippen molar-refractivity contribution in [2.45, 2.75) is 13.0 Å². The Morgan fingerprint density at radius 1 is 0.950 bits per heavy atom. The van der Waals surface area contributed by atoms with Crippen LogP contribution in [0.1, 0.15) is 11.1 Å². The molecule has 0 saturated heterocycles. The van der Waals surface area contributed by atoms with Crippen molar-refractivity contribution in [1.29, 1.82) is 0 Å². The second-order valence-corrected chi connectivity index (χ2v) is 5.58. The molecule has 0 aliphatic carbocycles. The molecule has 0 fully saturated rings. The van der Waals surface area contributed by atoms with Gasteiger partial charge in [0.25, 0.3) is 0 Å². The van der Waals surface area contributed by atoms with E-state index in [1.807, 2.05) is 24.3 Å². The highest BCUT2D eigenvalue weighted by Gasteiger charge is 2.06. The molecule has 0 spiro atoms. The van der Waals surface area contributed by atoms with Crippen molar-refractivity contribution in [3.05, 3.63) is 62.6 Å². The normalized spacial score (nSPS) is 10.6. The van der Waals surface area contributed by atoms with Crippen molar-refractivity contribution < 1.29 is 4.74 Å². The Morgan fingerprint density at radius 3 is 2.40 bits per heavy atom. The Kier molecular flexibility index (Phi) is 5.55. The molecule has 2 nitrogen and oxygen atoms in total. The zero-order valence-corrected chi connectivity index (χ0v) is 13.0. The number of nitrogens with two attached hydrogens (primary N) is 1. The summed E-state index contributed by atoms with van der Waals surface area (Å²) in [4.78, 5) is 0. The predicted molar refractivity (Wildman–Crippen MR) is 85.0 cm³/mol. The summed E-state index contributed by atoms with van der Waals surface area (Å²) in [6, 6.07) is 11.0. The van der Waals surface area contributed by atoms with E-state index in [4.69, 9.17) is 45.3 Å². The van der Waals surface area contributed by atoms with Gasteiger partial charge in [0.2, 0.25) is 0 Å².